The Balaban J connectivity index is 2.87. The van der Waals surface area contributed by atoms with E-state index in [-0.39, 0.29) is 5.54 Å². The molecule has 1 atom stereocenters. The molecule has 0 heterocycles. The fourth-order valence-corrected chi connectivity index (χ4v) is 2.06. The molecule has 0 aliphatic heterocycles. The van der Waals surface area contributed by atoms with Gasteiger partial charge in [-0.25, -0.2) is 0 Å². The molecule has 1 aromatic rings. The van der Waals surface area contributed by atoms with E-state index < -0.39 is 4.87 Å². The average molecular weight is 286 g/mol. The van der Waals surface area contributed by atoms with Crippen molar-refractivity contribution in [2.45, 2.75) is 51.5 Å². The second kappa shape index (κ2) is 5.63. The van der Waals surface area contributed by atoms with E-state index in [2.05, 4.69) is 25.8 Å². The van der Waals surface area contributed by atoms with Crippen molar-refractivity contribution in [3.05, 3.63) is 34.9 Å². The van der Waals surface area contributed by atoms with E-state index in [1.54, 1.807) is 0 Å². The van der Waals surface area contributed by atoms with E-state index in [4.69, 9.17) is 23.2 Å². The molecule has 0 aromatic heterocycles. The smallest absolute Gasteiger partial charge is 0.0831 e. The lowest BCUT2D eigenvalue weighted by atomic mass is 9.95. The molecule has 1 nitrogen and oxygen atoms in total. The zero-order valence-corrected chi connectivity index (χ0v) is 13.2. The minimum absolute atomic E-state index is 0.0970. The number of nitrogens with zero attached hydrogens (tertiary/aromatic N) is 1. The van der Waals surface area contributed by atoms with Crippen molar-refractivity contribution in [2.75, 3.05) is 0 Å². The highest BCUT2D eigenvalue weighted by molar-refractivity contribution is 6.35. The molecule has 1 unspecified atom stereocenters. The Hall–Kier alpha value is -0.530. The number of rotatable bonds is 3. The highest BCUT2D eigenvalue weighted by Gasteiger charge is 2.26. The number of aliphatic imine (C=N–C) groups is 1. The second-order valence-electron chi connectivity index (χ2n) is 5.87. The lowest BCUT2D eigenvalue weighted by molar-refractivity contribution is 0.576. The molecule has 0 aliphatic carbocycles. The Morgan fingerprint density at radius 3 is 2.06 bits per heavy atom. The van der Waals surface area contributed by atoms with Crippen molar-refractivity contribution in [3.63, 3.8) is 0 Å². The van der Waals surface area contributed by atoms with Gasteiger partial charge in [-0.3, -0.25) is 4.99 Å². The van der Waals surface area contributed by atoms with Crippen LogP contribution in [0, 0.1) is 0 Å². The zero-order valence-electron chi connectivity index (χ0n) is 11.7. The standard InChI is InChI=1S/C15H21Cl2N/c1-11(18-14(2,3)4)15(5,17)10-12-6-8-13(16)9-7-12/h6-9H,10H2,1-5H3. The Bertz CT molecular complexity index is 425. The Kier molecular flexibility index (Phi) is 4.85. The third kappa shape index (κ3) is 4.99. The predicted molar refractivity (Wildman–Crippen MR) is 82.3 cm³/mol. The summed E-state index contributed by atoms with van der Waals surface area (Å²) >= 11 is 12.5. The third-order valence-electron chi connectivity index (χ3n) is 2.71. The van der Waals surface area contributed by atoms with Gasteiger partial charge in [0.15, 0.2) is 0 Å². The van der Waals surface area contributed by atoms with Gasteiger partial charge in [0.05, 0.1) is 10.4 Å². The Morgan fingerprint density at radius 1 is 1.11 bits per heavy atom. The van der Waals surface area contributed by atoms with E-state index in [1.165, 1.54) is 5.56 Å². The minimum atomic E-state index is -0.457. The lowest BCUT2D eigenvalue weighted by Gasteiger charge is -2.25. The van der Waals surface area contributed by atoms with Gasteiger partial charge in [-0.15, -0.1) is 11.6 Å². The van der Waals surface area contributed by atoms with E-state index >= 15 is 0 Å². The molecule has 0 N–H and O–H groups in total. The monoisotopic (exact) mass is 285 g/mol. The van der Waals surface area contributed by atoms with Crippen LogP contribution < -0.4 is 0 Å². The summed E-state index contributed by atoms with van der Waals surface area (Å²) in [6.07, 6.45) is 0.747. The molecule has 3 heteroatoms. The van der Waals surface area contributed by atoms with E-state index in [1.807, 2.05) is 38.1 Å². The van der Waals surface area contributed by atoms with E-state index in [9.17, 15) is 0 Å². The topological polar surface area (TPSA) is 12.4 Å². The van der Waals surface area contributed by atoms with Crippen LogP contribution >= 0.6 is 23.2 Å². The summed E-state index contributed by atoms with van der Waals surface area (Å²) in [6, 6.07) is 7.79. The number of hydrogen-bond donors (Lipinski definition) is 0. The summed E-state index contributed by atoms with van der Waals surface area (Å²) < 4.78 is 0. The molecule has 0 aliphatic rings. The van der Waals surface area contributed by atoms with Crippen molar-refractivity contribution in [1.29, 1.82) is 0 Å². The van der Waals surface area contributed by atoms with Gasteiger partial charge in [-0.2, -0.15) is 0 Å². The van der Waals surface area contributed by atoms with E-state index in [0.29, 0.717) is 0 Å². The van der Waals surface area contributed by atoms with Crippen LogP contribution in [0.4, 0.5) is 0 Å². The van der Waals surface area contributed by atoms with Crippen LogP contribution in [-0.2, 0) is 6.42 Å². The molecule has 0 fully saturated rings. The molecule has 0 saturated heterocycles. The molecule has 18 heavy (non-hydrogen) atoms. The van der Waals surface area contributed by atoms with Gasteiger partial charge >= 0.3 is 0 Å². The molecule has 0 spiro atoms. The average Bonchev–Trinajstić information content (AvgIpc) is 2.18. The summed E-state index contributed by atoms with van der Waals surface area (Å²) in [4.78, 5) is 4.20. The largest absolute Gasteiger partial charge is 0.287 e. The van der Waals surface area contributed by atoms with Crippen LogP contribution in [0.3, 0.4) is 0 Å². The normalized spacial score (nSPS) is 16.5. The molecule has 1 aromatic carbocycles. The number of benzene rings is 1. The highest BCUT2D eigenvalue weighted by atomic mass is 35.5. The second-order valence-corrected chi connectivity index (χ2v) is 7.14. The highest BCUT2D eigenvalue weighted by Crippen LogP contribution is 2.25. The first kappa shape index (κ1) is 15.5. The molecule has 0 amide bonds. The molecular formula is C15H21Cl2N. The summed E-state index contributed by atoms with van der Waals surface area (Å²) in [5.41, 5.74) is 2.03. The molecule has 0 bridgehead atoms. The fraction of sp³-hybridized carbons (Fsp3) is 0.533. The Morgan fingerprint density at radius 2 is 1.61 bits per heavy atom. The maximum Gasteiger partial charge on any atom is 0.0831 e. The fourth-order valence-electron chi connectivity index (χ4n) is 1.73. The number of hydrogen-bond acceptors (Lipinski definition) is 1. The first-order chi connectivity index (χ1) is 8.10. The number of alkyl halides is 1. The summed E-state index contributed by atoms with van der Waals surface area (Å²) in [5.74, 6) is 0. The zero-order chi connectivity index (χ0) is 14.0. The van der Waals surface area contributed by atoms with Crippen LogP contribution in [0.15, 0.2) is 29.3 Å². The first-order valence-electron chi connectivity index (χ1n) is 6.10. The van der Waals surface area contributed by atoms with E-state index in [0.717, 1.165) is 17.2 Å². The predicted octanol–water partition coefficient (Wildman–Crippen LogP) is 5.14. The van der Waals surface area contributed by atoms with Gasteiger partial charge in [-0.1, -0.05) is 23.7 Å². The van der Waals surface area contributed by atoms with Gasteiger partial charge < -0.3 is 0 Å². The SMILES string of the molecule is CC(=NC(C)(C)C)C(C)(Cl)Cc1ccc(Cl)cc1. The maximum atomic E-state index is 6.60. The first-order valence-corrected chi connectivity index (χ1v) is 6.86. The molecular weight excluding hydrogens is 265 g/mol. The number of halogens is 2. The van der Waals surface area contributed by atoms with Crippen LogP contribution in [-0.4, -0.2) is 16.1 Å². The van der Waals surface area contributed by atoms with Crippen LogP contribution in [0.25, 0.3) is 0 Å². The molecule has 0 saturated carbocycles. The molecule has 1 rings (SSSR count). The molecule has 100 valence electrons. The summed E-state index contributed by atoms with van der Waals surface area (Å²) in [5, 5.41) is 0.745. The van der Waals surface area contributed by atoms with Crippen LogP contribution in [0.1, 0.15) is 40.2 Å². The van der Waals surface area contributed by atoms with Gasteiger partial charge in [0.25, 0.3) is 0 Å². The van der Waals surface area contributed by atoms with Crippen LogP contribution in [0.5, 0.6) is 0 Å². The maximum absolute atomic E-state index is 6.60. The quantitative estimate of drug-likeness (QED) is 0.539. The van der Waals surface area contributed by atoms with Crippen molar-refractivity contribution in [1.82, 2.24) is 0 Å². The van der Waals surface area contributed by atoms with Crippen molar-refractivity contribution in [3.8, 4) is 0 Å². The minimum Gasteiger partial charge on any atom is -0.287 e. The van der Waals surface area contributed by atoms with Gasteiger partial charge in [0.2, 0.25) is 0 Å². The summed E-state index contributed by atoms with van der Waals surface area (Å²) in [6.45, 7) is 10.2. The van der Waals surface area contributed by atoms with Crippen molar-refractivity contribution < 1.29 is 0 Å². The van der Waals surface area contributed by atoms with Crippen LogP contribution in [0.2, 0.25) is 5.02 Å². The van der Waals surface area contributed by atoms with Gasteiger partial charge in [0, 0.05) is 10.7 Å². The van der Waals surface area contributed by atoms with Gasteiger partial charge in [0.1, 0.15) is 0 Å². The Labute approximate surface area is 120 Å². The molecule has 0 radical (unpaired) electrons. The van der Waals surface area contributed by atoms with Crippen molar-refractivity contribution in [2.24, 2.45) is 4.99 Å². The van der Waals surface area contributed by atoms with Crippen molar-refractivity contribution >= 4 is 28.9 Å². The van der Waals surface area contributed by atoms with Gasteiger partial charge in [-0.05, 0) is 58.7 Å². The lowest BCUT2D eigenvalue weighted by Crippen LogP contribution is -2.31. The third-order valence-corrected chi connectivity index (χ3v) is 3.37. The summed E-state index contributed by atoms with van der Waals surface area (Å²) in [7, 11) is 0.